The molecule has 9 heteroatoms. The molecular formula is C19H15Cl2F2N3O2. The molecule has 1 fully saturated rings. The molecule has 0 saturated carbocycles. The third-order valence-corrected chi connectivity index (χ3v) is 5.60. The highest BCUT2D eigenvalue weighted by Gasteiger charge is 2.45. The van der Waals surface area contributed by atoms with Gasteiger partial charge in [-0.25, -0.2) is 8.78 Å². The Hall–Kier alpha value is -2.38. The monoisotopic (exact) mass is 425 g/mol. The average Bonchev–Trinajstić information content (AvgIpc) is 3.08. The van der Waals surface area contributed by atoms with Gasteiger partial charge in [0, 0.05) is 24.2 Å². The molecule has 3 aromatic rings. The minimum absolute atomic E-state index is 0.246. The summed E-state index contributed by atoms with van der Waals surface area (Å²) in [4.78, 5) is 26.5. The Kier molecular flexibility index (Phi) is 4.67. The summed E-state index contributed by atoms with van der Waals surface area (Å²) in [5, 5.41) is 0.772. The molecule has 1 aliphatic rings. The summed E-state index contributed by atoms with van der Waals surface area (Å²) in [6.45, 7) is -1.96. The molecule has 0 aliphatic carbocycles. The molecule has 146 valence electrons. The molecule has 0 bridgehead atoms. The van der Waals surface area contributed by atoms with Crippen molar-refractivity contribution in [2.75, 3.05) is 19.8 Å². The Morgan fingerprint density at radius 1 is 1.11 bits per heavy atom. The number of hydrogen-bond acceptors (Lipinski definition) is 2. The first-order chi connectivity index (χ1) is 13.3. The zero-order valence-corrected chi connectivity index (χ0v) is 16.1. The van der Waals surface area contributed by atoms with Crippen LogP contribution in [0, 0.1) is 0 Å². The second kappa shape index (κ2) is 6.90. The highest BCUT2D eigenvalue weighted by Crippen LogP contribution is 2.30. The van der Waals surface area contributed by atoms with Gasteiger partial charge in [0.1, 0.15) is 18.7 Å². The predicted molar refractivity (Wildman–Crippen MR) is 104 cm³/mol. The van der Waals surface area contributed by atoms with E-state index in [9.17, 15) is 18.4 Å². The fourth-order valence-electron chi connectivity index (χ4n) is 3.32. The van der Waals surface area contributed by atoms with E-state index in [0.29, 0.717) is 26.7 Å². The maximum absolute atomic E-state index is 13.7. The molecule has 0 N–H and O–H groups in total. The number of benzene rings is 1. The van der Waals surface area contributed by atoms with Crippen LogP contribution in [0.5, 0.6) is 0 Å². The number of fused-ring (bicyclic) bond motifs is 1. The molecule has 0 atom stereocenters. The number of alkyl halides is 2. The fourth-order valence-corrected chi connectivity index (χ4v) is 3.62. The summed E-state index contributed by atoms with van der Waals surface area (Å²) in [5.41, 5.74) is -0.603. The van der Waals surface area contributed by atoms with E-state index in [1.807, 2.05) is 0 Å². The summed E-state index contributed by atoms with van der Waals surface area (Å²) in [6.07, 6.45) is 4.88. The summed E-state index contributed by atoms with van der Waals surface area (Å²) in [5.74, 6) is -0.434. The third kappa shape index (κ3) is 3.18. The number of rotatable bonds is 4. The summed E-state index contributed by atoms with van der Waals surface area (Å²) < 4.78 is 29.1. The summed E-state index contributed by atoms with van der Waals surface area (Å²) >= 11 is 12.0. The standard InChI is InChI=1S/C19H15Cl2F2N3O2/c20-14-2-1-12(7-15(14)21)13-3-4-24-5-6-25(18(28)17(13)24)8-16(27)26-10-19(23,9-22)11-26/h1-7H,8-11H2. The van der Waals surface area contributed by atoms with Crippen molar-refractivity contribution in [3.05, 3.63) is 63.3 Å². The molecule has 0 spiro atoms. The number of likely N-dealkylation sites (tertiary alicyclic amines) is 1. The lowest BCUT2D eigenvalue weighted by atomic mass is 9.98. The summed E-state index contributed by atoms with van der Waals surface area (Å²) in [6, 6.07) is 6.84. The predicted octanol–water partition coefficient (Wildman–Crippen LogP) is 3.59. The first-order valence-electron chi connectivity index (χ1n) is 8.49. The van der Waals surface area contributed by atoms with Crippen molar-refractivity contribution in [3.63, 3.8) is 0 Å². The van der Waals surface area contributed by atoms with E-state index in [2.05, 4.69) is 0 Å². The number of halogens is 4. The molecule has 5 nitrogen and oxygen atoms in total. The van der Waals surface area contributed by atoms with Crippen LogP contribution >= 0.6 is 23.2 Å². The Bertz CT molecular complexity index is 1140. The van der Waals surface area contributed by atoms with Crippen molar-refractivity contribution in [2.45, 2.75) is 12.2 Å². The van der Waals surface area contributed by atoms with Gasteiger partial charge >= 0.3 is 0 Å². The van der Waals surface area contributed by atoms with Crippen molar-refractivity contribution in [3.8, 4) is 11.1 Å². The molecule has 1 aliphatic heterocycles. The Labute approximate surface area is 168 Å². The molecule has 1 amide bonds. The first-order valence-corrected chi connectivity index (χ1v) is 9.25. The fraction of sp³-hybridized carbons (Fsp3) is 0.263. The lowest BCUT2D eigenvalue weighted by Crippen LogP contribution is -2.62. The van der Waals surface area contributed by atoms with Crippen molar-refractivity contribution in [1.82, 2.24) is 13.9 Å². The van der Waals surface area contributed by atoms with E-state index in [1.165, 1.54) is 15.7 Å². The molecule has 1 saturated heterocycles. The zero-order chi connectivity index (χ0) is 20.1. The van der Waals surface area contributed by atoms with Gasteiger partial charge in [0.2, 0.25) is 5.91 Å². The first kappa shape index (κ1) is 19.0. The van der Waals surface area contributed by atoms with Crippen molar-refractivity contribution in [1.29, 1.82) is 0 Å². The third-order valence-electron chi connectivity index (χ3n) is 4.86. The van der Waals surface area contributed by atoms with Crippen LogP contribution in [0.2, 0.25) is 10.0 Å². The number of hydrogen-bond donors (Lipinski definition) is 0. The lowest BCUT2D eigenvalue weighted by Gasteiger charge is -2.42. The van der Waals surface area contributed by atoms with Crippen molar-refractivity contribution in [2.24, 2.45) is 0 Å². The van der Waals surface area contributed by atoms with Crippen LogP contribution in [0.4, 0.5) is 8.78 Å². The van der Waals surface area contributed by atoms with E-state index in [0.717, 1.165) is 0 Å². The summed E-state index contributed by atoms with van der Waals surface area (Å²) in [7, 11) is 0. The van der Waals surface area contributed by atoms with Gasteiger partial charge < -0.3 is 13.9 Å². The number of amides is 1. The molecule has 1 aromatic carbocycles. The highest BCUT2D eigenvalue weighted by molar-refractivity contribution is 6.42. The molecule has 0 unspecified atom stereocenters. The van der Waals surface area contributed by atoms with Crippen LogP contribution in [-0.2, 0) is 11.3 Å². The quantitative estimate of drug-likeness (QED) is 0.640. The molecular weight excluding hydrogens is 411 g/mol. The maximum atomic E-state index is 13.7. The molecule has 28 heavy (non-hydrogen) atoms. The van der Waals surface area contributed by atoms with E-state index < -0.39 is 18.3 Å². The van der Waals surface area contributed by atoms with Crippen LogP contribution in [-0.4, -0.2) is 45.2 Å². The van der Waals surface area contributed by atoms with Gasteiger partial charge in [-0.3, -0.25) is 9.59 Å². The molecule has 0 radical (unpaired) electrons. The van der Waals surface area contributed by atoms with Crippen molar-refractivity contribution >= 4 is 34.6 Å². The maximum Gasteiger partial charge on any atom is 0.275 e. The smallest absolute Gasteiger partial charge is 0.275 e. The van der Waals surface area contributed by atoms with Gasteiger partial charge in [-0.15, -0.1) is 0 Å². The SMILES string of the molecule is O=C(Cn1ccn2ccc(-c3ccc(Cl)c(Cl)c3)c2c1=O)N1CC(F)(CF)C1. The molecule has 2 aromatic heterocycles. The van der Waals surface area contributed by atoms with E-state index >= 15 is 0 Å². The normalized spacial score (nSPS) is 15.6. The van der Waals surface area contributed by atoms with E-state index in [4.69, 9.17) is 23.2 Å². The van der Waals surface area contributed by atoms with Crippen LogP contribution in [0.25, 0.3) is 16.6 Å². The van der Waals surface area contributed by atoms with Gasteiger partial charge in [0.25, 0.3) is 5.56 Å². The van der Waals surface area contributed by atoms with Crippen LogP contribution < -0.4 is 5.56 Å². The topological polar surface area (TPSA) is 46.7 Å². The van der Waals surface area contributed by atoms with Crippen LogP contribution in [0.15, 0.2) is 47.7 Å². The number of carbonyl (C=O) groups is 1. The average molecular weight is 426 g/mol. The number of carbonyl (C=O) groups excluding carboxylic acids is 1. The Balaban J connectivity index is 1.66. The van der Waals surface area contributed by atoms with Crippen LogP contribution in [0.1, 0.15) is 0 Å². The minimum Gasteiger partial charge on any atom is -0.334 e. The van der Waals surface area contributed by atoms with Crippen LogP contribution in [0.3, 0.4) is 0 Å². The number of nitrogens with zero attached hydrogens (tertiary/aromatic N) is 3. The van der Waals surface area contributed by atoms with E-state index in [1.54, 1.807) is 41.1 Å². The minimum atomic E-state index is -1.97. The van der Waals surface area contributed by atoms with Gasteiger partial charge in [-0.2, -0.15) is 0 Å². The largest absolute Gasteiger partial charge is 0.334 e. The second-order valence-corrected chi connectivity index (χ2v) is 7.69. The number of aromatic nitrogens is 2. The molecule has 3 heterocycles. The van der Waals surface area contributed by atoms with Crippen molar-refractivity contribution < 1.29 is 13.6 Å². The highest BCUT2D eigenvalue weighted by atomic mass is 35.5. The van der Waals surface area contributed by atoms with E-state index in [-0.39, 0.29) is 25.2 Å². The second-order valence-electron chi connectivity index (χ2n) is 6.88. The Morgan fingerprint density at radius 2 is 1.86 bits per heavy atom. The Morgan fingerprint density at radius 3 is 2.54 bits per heavy atom. The lowest BCUT2D eigenvalue weighted by molar-refractivity contribution is -0.147. The van der Waals surface area contributed by atoms with Gasteiger partial charge in [-0.05, 0) is 23.8 Å². The van der Waals surface area contributed by atoms with Gasteiger partial charge in [-0.1, -0.05) is 29.3 Å². The molecule has 4 rings (SSSR count). The van der Waals surface area contributed by atoms with Gasteiger partial charge in [0.05, 0.1) is 23.1 Å². The van der Waals surface area contributed by atoms with Gasteiger partial charge in [0.15, 0.2) is 5.67 Å². The zero-order valence-electron chi connectivity index (χ0n) is 14.5.